The Bertz CT molecular complexity index is 291. The predicted molar refractivity (Wildman–Crippen MR) is 66.1 cm³/mol. The summed E-state index contributed by atoms with van der Waals surface area (Å²) in [5.74, 6) is 0.827. The maximum atomic E-state index is 11.4. The summed E-state index contributed by atoms with van der Waals surface area (Å²) < 4.78 is 2.10. The van der Waals surface area contributed by atoms with Crippen molar-refractivity contribution in [1.82, 2.24) is 9.88 Å². The zero-order chi connectivity index (χ0) is 11.8. The number of hydrogen-bond donors (Lipinski definition) is 1. The van der Waals surface area contributed by atoms with E-state index in [2.05, 4.69) is 23.7 Å². The molecule has 3 nitrogen and oxygen atoms in total. The first-order valence-electron chi connectivity index (χ1n) is 6.06. The van der Waals surface area contributed by atoms with Gasteiger partial charge in [0.1, 0.15) is 0 Å². The molecule has 0 radical (unpaired) electrons. The fraction of sp³-hybridized carbons (Fsp3) is 0.615. The number of aryl methyl sites for hydroxylation is 1. The second-order valence-corrected chi connectivity index (χ2v) is 4.56. The van der Waals surface area contributed by atoms with Crippen LogP contribution in [-0.4, -0.2) is 17.0 Å². The third-order valence-corrected chi connectivity index (χ3v) is 2.53. The lowest BCUT2D eigenvalue weighted by atomic mass is 10.1. The maximum absolute atomic E-state index is 11.4. The van der Waals surface area contributed by atoms with E-state index < -0.39 is 0 Å². The highest BCUT2D eigenvalue weighted by molar-refractivity contribution is 5.75. The van der Waals surface area contributed by atoms with Crippen LogP contribution in [0, 0.1) is 5.92 Å². The first-order valence-corrected chi connectivity index (χ1v) is 6.06. The number of amides is 1. The molecule has 0 unspecified atom stereocenters. The minimum atomic E-state index is 0.174. The zero-order valence-electron chi connectivity index (χ0n) is 10.3. The molecule has 1 aromatic rings. The molecule has 0 aliphatic carbocycles. The molecule has 0 atom stereocenters. The summed E-state index contributed by atoms with van der Waals surface area (Å²) in [5, 5.41) is 2.95. The molecule has 0 spiro atoms. The van der Waals surface area contributed by atoms with Gasteiger partial charge in [0.15, 0.2) is 0 Å². The number of hydrogen-bond acceptors (Lipinski definition) is 1. The first-order chi connectivity index (χ1) is 7.68. The van der Waals surface area contributed by atoms with Crippen LogP contribution in [0.3, 0.4) is 0 Å². The van der Waals surface area contributed by atoms with Crippen molar-refractivity contribution in [2.24, 2.45) is 5.92 Å². The summed E-state index contributed by atoms with van der Waals surface area (Å²) >= 11 is 0. The van der Waals surface area contributed by atoms with Gasteiger partial charge in [-0.3, -0.25) is 4.79 Å². The smallest absolute Gasteiger partial charge is 0.220 e. The largest absolute Gasteiger partial charge is 0.356 e. The standard InChI is InChI=1S/C13H22N2O/c1-12(2)7-8-14-13(16)6-5-11-15-9-3-4-10-15/h3-4,9-10,12H,5-8,11H2,1-2H3,(H,14,16). The minimum absolute atomic E-state index is 0.174. The second kappa shape index (κ2) is 7.09. The van der Waals surface area contributed by atoms with Gasteiger partial charge >= 0.3 is 0 Å². The van der Waals surface area contributed by atoms with E-state index in [-0.39, 0.29) is 5.91 Å². The molecular formula is C13H22N2O. The van der Waals surface area contributed by atoms with Gasteiger partial charge in [-0.15, -0.1) is 0 Å². The number of aromatic nitrogens is 1. The third kappa shape index (κ3) is 5.59. The SMILES string of the molecule is CC(C)CCNC(=O)CCCn1cccc1. The molecule has 1 N–H and O–H groups in total. The van der Waals surface area contributed by atoms with Crippen LogP contribution >= 0.6 is 0 Å². The van der Waals surface area contributed by atoms with E-state index in [1.807, 2.05) is 24.5 Å². The van der Waals surface area contributed by atoms with Gasteiger partial charge in [-0.2, -0.15) is 0 Å². The molecule has 1 heterocycles. The van der Waals surface area contributed by atoms with Crippen LogP contribution < -0.4 is 5.32 Å². The Morgan fingerprint density at radius 3 is 2.62 bits per heavy atom. The van der Waals surface area contributed by atoms with E-state index in [9.17, 15) is 4.79 Å². The third-order valence-electron chi connectivity index (χ3n) is 2.53. The minimum Gasteiger partial charge on any atom is -0.356 e. The molecule has 1 rings (SSSR count). The first kappa shape index (κ1) is 12.8. The Kier molecular flexibility index (Phi) is 5.68. The second-order valence-electron chi connectivity index (χ2n) is 4.56. The normalized spacial score (nSPS) is 10.7. The van der Waals surface area contributed by atoms with Crippen molar-refractivity contribution >= 4 is 5.91 Å². The quantitative estimate of drug-likeness (QED) is 0.755. The lowest BCUT2D eigenvalue weighted by Gasteiger charge is -2.07. The highest BCUT2D eigenvalue weighted by Gasteiger charge is 2.01. The molecule has 0 saturated carbocycles. The van der Waals surface area contributed by atoms with E-state index in [1.165, 1.54) is 0 Å². The fourth-order valence-corrected chi connectivity index (χ4v) is 1.53. The van der Waals surface area contributed by atoms with Gasteiger partial charge in [0.05, 0.1) is 0 Å². The molecule has 90 valence electrons. The average molecular weight is 222 g/mol. The van der Waals surface area contributed by atoms with Crippen molar-refractivity contribution in [1.29, 1.82) is 0 Å². The van der Waals surface area contributed by atoms with Crippen molar-refractivity contribution in [3.63, 3.8) is 0 Å². The summed E-state index contributed by atoms with van der Waals surface area (Å²) in [6.07, 6.45) is 6.63. The van der Waals surface area contributed by atoms with Crippen molar-refractivity contribution in [3.05, 3.63) is 24.5 Å². The van der Waals surface area contributed by atoms with Crippen LogP contribution in [0.25, 0.3) is 0 Å². The number of rotatable bonds is 7. The van der Waals surface area contributed by atoms with E-state index >= 15 is 0 Å². The van der Waals surface area contributed by atoms with Crippen molar-refractivity contribution in [3.8, 4) is 0 Å². The molecule has 16 heavy (non-hydrogen) atoms. The molecule has 0 aromatic carbocycles. The highest BCUT2D eigenvalue weighted by atomic mass is 16.1. The number of carbonyl (C=O) groups is 1. The molecule has 0 bridgehead atoms. The van der Waals surface area contributed by atoms with Crippen LogP contribution in [0.1, 0.15) is 33.1 Å². The Labute approximate surface area is 97.8 Å². The van der Waals surface area contributed by atoms with Gasteiger partial charge in [0.2, 0.25) is 5.91 Å². The highest BCUT2D eigenvalue weighted by Crippen LogP contribution is 1.99. The van der Waals surface area contributed by atoms with Crippen LogP contribution in [0.4, 0.5) is 0 Å². The summed E-state index contributed by atoms with van der Waals surface area (Å²) in [6.45, 7) is 6.06. The molecular weight excluding hydrogens is 200 g/mol. The van der Waals surface area contributed by atoms with Gasteiger partial charge in [0, 0.05) is 31.9 Å². The lowest BCUT2D eigenvalue weighted by molar-refractivity contribution is -0.121. The van der Waals surface area contributed by atoms with Crippen LogP contribution in [-0.2, 0) is 11.3 Å². The van der Waals surface area contributed by atoms with E-state index in [4.69, 9.17) is 0 Å². The van der Waals surface area contributed by atoms with E-state index in [0.29, 0.717) is 12.3 Å². The zero-order valence-corrected chi connectivity index (χ0v) is 10.3. The van der Waals surface area contributed by atoms with Crippen molar-refractivity contribution < 1.29 is 4.79 Å². The Balaban J connectivity index is 2.02. The predicted octanol–water partition coefficient (Wildman–Crippen LogP) is 2.43. The maximum Gasteiger partial charge on any atom is 0.220 e. The van der Waals surface area contributed by atoms with Crippen molar-refractivity contribution in [2.75, 3.05) is 6.54 Å². The van der Waals surface area contributed by atoms with Crippen molar-refractivity contribution in [2.45, 2.75) is 39.7 Å². The summed E-state index contributed by atoms with van der Waals surface area (Å²) in [7, 11) is 0. The molecule has 0 saturated heterocycles. The molecule has 3 heteroatoms. The van der Waals surface area contributed by atoms with Crippen LogP contribution in [0.15, 0.2) is 24.5 Å². The Hall–Kier alpha value is -1.25. The van der Waals surface area contributed by atoms with Crippen LogP contribution in [0.2, 0.25) is 0 Å². The number of nitrogens with one attached hydrogen (secondary N) is 1. The Morgan fingerprint density at radius 2 is 2.00 bits per heavy atom. The summed E-state index contributed by atoms with van der Waals surface area (Å²) in [4.78, 5) is 11.4. The van der Waals surface area contributed by atoms with Gasteiger partial charge in [-0.1, -0.05) is 13.8 Å². The molecule has 1 aromatic heterocycles. The monoisotopic (exact) mass is 222 g/mol. The summed E-state index contributed by atoms with van der Waals surface area (Å²) in [5.41, 5.74) is 0. The molecule has 0 aliphatic rings. The topological polar surface area (TPSA) is 34.0 Å². The summed E-state index contributed by atoms with van der Waals surface area (Å²) in [6, 6.07) is 4.01. The number of carbonyl (C=O) groups excluding carboxylic acids is 1. The van der Waals surface area contributed by atoms with E-state index in [1.54, 1.807) is 0 Å². The van der Waals surface area contributed by atoms with Gasteiger partial charge in [-0.05, 0) is 30.9 Å². The fourth-order valence-electron chi connectivity index (χ4n) is 1.53. The Morgan fingerprint density at radius 1 is 1.31 bits per heavy atom. The molecule has 1 amide bonds. The van der Waals surface area contributed by atoms with E-state index in [0.717, 1.165) is 25.9 Å². The van der Waals surface area contributed by atoms with Gasteiger partial charge in [0.25, 0.3) is 0 Å². The molecule has 0 aliphatic heterocycles. The van der Waals surface area contributed by atoms with Gasteiger partial charge < -0.3 is 9.88 Å². The number of nitrogens with zero attached hydrogens (tertiary/aromatic N) is 1. The lowest BCUT2D eigenvalue weighted by Crippen LogP contribution is -2.25. The van der Waals surface area contributed by atoms with Gasteiger partial charge in [-0.25, -0.2) is 0 Å². The molecule has 0 fully saturated rings. The average Bonchev–Trinajstić information content (AvgIpc) is 2.70. The van der Waals surface area contributed by atoms with Crippen LogP contribution in [0.5, 0.6) is 0 Å².